The van der Waals surface area contributed by atoms with E-state index in [9.17, 15) is 0 Å². The Bertz CT molecular complexity index is 431. The number of likely N-dealkylation sites (N-methyl/N-ethyl adjacent to an activating group) is 1. The van der Waals surface area contributed by atoms with E-state index in [1.165, 1.54) is 48.8 Å². The van der Waals surface area contributed by atoms with E-state index < -0.39 is 0 Å². The van der Waals surface area contributed by atoms with Crippen LogP contribution in [0.4, 0.5) is 0 Å². The molecule has 2 rings (SSSR count). The van der Waals surface area contributed by atoms with E-state index in [0.717, 1.165) is 13.1 Å². The lowest BCUT2D eigenvalue weighted by atomic mass is 9.80. The minimum atomic E-state index is 0.371. The second kappa shape index (κ2) is 6.73. The molecule has 20 heavy (non-hydrogen) atoms. The molecule has 2 heteroatoms. The number of nitrogens with one attached hydrogen (secondary N) is 1. The molecule has 0 unspecified atom stereocenters. The minimum Gasteiger partial charge on any atom is -0.311 e. The monoisotopic (exact) mass is 274 g/mol. The summed E-state index contributed by atoms with van der Waals surface area (Å²) in [6.45, 7) is 6.52. The summed E-state index contributed by atoms with van der Waals surface area (Å²) >= 11 is 0. The Kier molecular flexibility index (Phi) is 5.22. The van der Waals surface area contributed by atoms with Crippen LogP contribution in [0.25, 0.3) is 0 Å². The van der Waals surface area contributed by atoms with Gasteiger partial charge in [-0.2, -0.15) is 0 Å². The van der Waals surface area contributed by atoms with Crippen molar-refractivity contribution in [2.45, 2.75) is 58.0 Å². The van der Waals surface area contributed by atoms with Crippen LogP contribution in [0.3, 0.4) is 0 Å². The second-order valence-corrected chi connectivity index (χ2v) is 6.64. The number of hydrogen-bond donors (Lipinski definition) is 1. The van der Waals surface area contributed by atoms with Gasteiger partial charge in [-0.25, -0.2) is 0 Å². The van der Waals surface area contributed by atoms with Crippen molar-refractivity contribution < 1.29 is 0 Å². The highest BCUT2D eigenvalue weighted by atomic mass is 15.2. The van der Waals surface area contributed by atoms with Gasteiger partial charge in [0.05, 0.1) is 0 Å². The van der Waals surface area contributed by atoms with E-state index in [2.05, 4.69) is 56.4 Å². The van der Waals surface area contributed by atoms with Crippen LogP contribution in [-0.2, 0) is 6.54 Å². The number of benzene rings is 1. The molecule has 1 aliphatic rings. The molecule has 2 nitrogen and oxygen atoms in total. The van der Waals surface area contributed by atoms with Crippen LogP contribution in [0.1, 0.15) is 48.8 Å². The van der Waals surface area contributed by atoms with Crippen LogP contribution in [-0.4, -0.2) is 31.1 Å². The van der Waals surface area contributed by atoms with Crippen molar-refractivity contribution in [2.75, 3.05) is 20.6 Å². The van der Waals surface area contributed by atoms with Crippen LogP contribution < -0.4 is 5.32 Å². The summed E-state index contributed by atoms with van der Waals surface area (Å²) in [6.07, 6.45) is 6.83. The Hall–Kier alpha value is -0.860. The Morgan fingerprint density at radius 2 is 1.80 bits per heavy atom. The van der Waals surface area contributed by atoms with Crippen molar-refractivity contribution in [1.29, 1.82) is 0 Å². The number of hydrogen-bond acceptors (Lipinski definition) is 2. The van der Waals surface area contributed by atoms with E-state index in [1.807, 2.05) is 0 Å². The van der Waals surface area contributed by atoms with E-state index in [4.69, 9.17) is 0 Å². The van der Waals surface area contributed by atoms with Crippen molar-refractivity contribution in [3.05, 3.63) is 34.9 Å². The first-order valence-corrected chi connectivity index (χ1v) is 7.98. The van der Waals surface area contributed by atoms with Gasteiger partial charge in [0.15, 0.2) is 0 Å². The van der Waals surface area contributed by atoms with Crippen molar-refractivity contribution in [1.82, 2.24) is 10.2 Å². The summed E-state index contributed by atoms with van der Waals surface area (Å²) < 4.78 is 0. The SMILES string of the molecule is Cc1cccc(CNCC2(N(C)C)CCCCC2)c1C. The third kappa shape index (κ3) is 3.42. The smallest absolute Gasteiger partial charge is 0.0328 e. The van der Waals surface area contributed by atoms with E-state index in [1.54, 1.807) is 0 Å². The van der Waals surface area contributed by atoms with Gasteiger partial charge in [-0.05, 0) is 57.5 Å². The zero-order valence-corrected chi connectivity index (χ0v) is 13.6. The lowest BCUT2D eigenvalue weighted by Gasteiger charge is -2.43. The third-order valence-corrected chi connectivity index (χ3v) is 5.22. The molecule has 1 aromatic rings. The lowest BCUT2D eigenvalue weighted by molar-refractivity contribution is 0.0984. The van der Waals surface area contributed by atoms with Crippen molar-refractivity contribution in [2.24, 2.45) is 0 Å². The quantitative estimate of drug-likeness (QED) is 0.881. The average molecular weight is 274 g/mol. The fourth-order valence-electron chi connectivity index (χ4n) is 3.43. The Morgan fingerprint density at radius 3 is 2.45 bits per heavy atom. The zero-order chi connectivity index (χ0) is 14.6. The number of nitrogens with zero attached hydrogens (tertiary/aromatic N) is 1. The van der Waals surface area contributed by atoms with Gasteiger partial charge in [0.1, 0.15) is 0 Å². The molecule has 1 aromatic carbocycles. The summed E-state index contributed by atoms with van der Waals surface area (Å²) in [7, 11) is 4.48. The fourth-order valence-corrected chi connectivity index (χ4v) is 3.43. The first-order valence-electron chi connectivity index (χ1n) is 7.98. The topological polar surface area (TPSA) is 15.3 Å². The highest BCUT2D eigenvalue weighted by Crippen LogP contribution is 2.31. The molecule has 0 bridgehead atoms. The highest BCUT2D eigenvalue weighted by Gasteiger charge is 2.33. The maximum atomic E-state index is 3.72. The zero-order valence-electron chi connectivity index (χ0n) is 13.6. The van der Waals surface area contributed by atoms with Gasteiger partial charge in [-0.1, -0.05) is 37.5 Å². The normalized spacial score (nSPS) is 18.4. The first-order chi connectivity index (χ1) is 9.55. The minimum absolute atomic E-state index is 0.371. The molecule has 0 saturated heterocycles. The number of aryl methyl sites for hydroxylation is 1. The van der Waals surface area contributed by atoms with Crippen molar-refractivity contribution in [3.63, 3.8) is 0 Å². The Balaban J connectivity index is 1.95. The van der Waals surface area contributed by atoms with Gasteiger partial charge in [0.25, 0.3) is 0 Å². The predicted molar refractivity (Wildman–Crippen MR) is 87.1 cm³/mol. The molecule has 0 radical (unpaired) electrons. The van der Waals surface area contributed by atoms with Crippen LogP contribution in [0, 0.1) is 13.8 Å². The molecule has 1 fully saturated rings. The standard InChI is InChI=1S/C18H30N2/c1-15-9-8-10-17(16(15)2)13-19-14-18(20(3)4)11-6-5-7-12-18/h8-10,19H,5-7,11-14H2,1-4H3. The molecule has 1 aliphatic carbocycles. The van der Waals surface area contributed by atoms with Crippen molar-refractivity contribution >= 4 is 0 Å². The maximum Gasteiger partial charge on any atom is 0.0328 e. The van der Waals surface area contributed by atoms with Gasteiger partial charge >= 0.3 is 0 Å². The van der Waals surface area contributed by atoms with Gasteiger partial charge in [0.2, 0.25) is 0 Å². The van der Waals surface area contributed by atoms with Gasteiger partial charge in [-0.3, -0.25) is 0 Å². The van der Waals surface area contributed by atoms with Gasteiger partial charge in [-0.15, -0.1) is 0 Å². The summed E-state index contributed by atoms with van der Waals surface area (Å²) in [5.74, 6) is 0. The molecule has 112 valence electrons. The summed E-state index contributed by atoms with van der Waals surface area (Å²) in [5, 5.41) is 3.72. The Labute approximate surface area is 124 Å². The van der Waals surface area contributed by atoms with E-state index in [-0.39, 0.29) is 0 Å². The average Bonchev–Trinajstić information content (AvgIpc) is 2.44. The summed E-state index contributed by atoms with van der Waals surface area (Å²) in [6, 6.07) is 6.61. The summed E-state index contributed by atoms with van der Waals surface area (Å²) in [4.78, 5) is 2.45. The van der Waals surface area contributed by atoms with Crippen LogP contribution in [0.15, 0.2) is 18.2 Å². The fraction of sp³-hybridized carbons (Fsp3) is 0.667. The van der Waals surface area contributed by atoms with Gasteiger partial charge in [0, 0.05) is 18.6 Å². The Morgan fingerprint density at radius 1 is 1.10 bits per heavy atom. The highest BCUT2D eigenvalue weighted by molar-refractivity contribution is 5.32. The van der Waals surface area contributed by atoms with Crippen molar-refractivity contribution in [3.8, 4) is 0 Å². The molecular weight excluding hydrogens is 244 g/mol. The lowest BCUT2D eigenvalue weighted by Crippen LogP contribution is -2.52. The van der Waals surface area contributed by atoms with E-state index in [0.29, 0.717) is 5.54 Å². The molecule has 0 atom stereocenters. The number of rotatable bonds is 5. The van der Waals surface area contributed by atoms with Gasteiger partial charge < -0.3 is 10.2 Å². The molecule has 0 aliphatic heterocycles. The molecule has 1 N–H and O–H groups in total. The molecule has 0 amide bonds. The summed E-state index contributed by atoms with van der Waals surface area (Å²) in [5.41, 5.74) is 4.64. The van der Waals surface area contributed by atoms with Crippen LogP contribution in [0.2, 0.25) is 0 Å². The van der Waals surface area contributed by atoms with E-state index >= 15 is 0 Å². The predicted octanol–water partition coefficient (Wildman–Crippen LogP) is 3.66. The second-order valence-electron chi connectivity index (χ2n) is 6.64. The molecule has 0 spiro atoms. The molecule has 0 aromatic heterocycles. The molecule has 1 saturated carbocycles. The third-order valence-electron chi connectivity index (χ3n) is 5.22. The maximum absolute atomic E-state index is 3.72. The molecule has 0 heterocycles. The van der Waals surface area contributed by atoms with Crippen LogP contribution in [0.5, 0.6) is 0 Å². The first kappa shape index (κ1) is 15.5. The molecular formula is C18H30N2. The largest absolute Gasteiger partial charge is 0.311 e. The van der Waals surface area contributed by atoms with Crippen LogP contribution >= 0.6 is 0 Å².